The summed E-state index contributed by atoms with van der Waals surface area (Å²) < 4.78 is 52.1. The van der Waals surface area contributed by atoms with Crippen molar-refractivity contribution in [3.05, 3.63) is 100 Å². The molecule has 3 aromatic carbocycles. The fourth-order valence-corrected chi connectivity index (χ4v) is 5.51. The fraction of sp³-hybridized carbons (Fsp3) is 0.0800. The summed E-state index contributed by atoms with van der Waals surface area (Å²) in [6.07, 6.45) is 0. The average Bonchev–Trinajstić information content (AvgIpc) is 3.38. The van der Waals surface area contributed by atoms with Gasteiger partial charge >= 0.3 is 0 Å². The maximum Gasteiger partial charge on any atom is 0.265 e. The van der Waals surface area contributed by atoms with Crippen LogP contribution in [0.25, 0.3) is 0 Å². The third kappa shape index (κ3) is 5.59. The summed E-state index contributed by atoms with van der Waals surface area (Å²) in [5, 5.41) is 4.53. The maximum atomic E-state index is 12.6. The lowest BCUT2D eigenvalue weighted by atomic mass is 10.1. The molecule has 0 fully saturated rings. The second-order valence-electron chi connectivity index (χ2n) is 7.91. The van der Waals surface area contributed by atoms with Crippen LogP contribution in [-0.2, 0) is 21.8 Å². The van der Waals surface area contributed by atoms with E-state index in [1.807, 2.05) is 13.8 Å². The third-order valence-electron chi connectivity index (χ3n) is 5.32. The van der Waals surface area contributed by atoms with E-state index in [-0.39, 0.29) is 17.3 Å². The number of carbonyl (C=O) groups excluding carboxylic acids is 1. The highest BCUT2D eigenvalue weighted by Gasteiger charge is 2.23. The van der Waals surface area contributed by atoms with Gasteiger partial charge in [-0.05, 0) is 67.8 Å². The molecule has 11 heteroatoms. The van der Waals surface area contributed by atoms with Gasteiger partial charge in [0, 0.05) is 5.69 Å². The van der Waals surface area contributed by atoms with Gasteiger partial charge in [0.1, 0.15) is 0 Å². The first-order valence-electron chi connectivity index (χ1n) is 10.8. The Balaban J connectivity index is 1.90. The van der Waals surface area contributed by atoms with Crippen LogP contribution in [0.5, 0.6) is 0 Å². The molecule has 8 nitrogen and oxygen atoms in total. The number of amides is 1. The number of nitrogens with zero attached hydrogens (tertiary/aromatic N) is 2. The van der Waals surface area contributed by atoms with Gasteiger partial charge in [0.2, 0.25) is 21.8 Å². The van der Waals surface area contributed by atoms with Crippen molar-refractivity contribution in [1.82, 2.24) is 0 Å². The molecule has 0 spiro atoms. The first-order chi connectivity index (χ1) is 17.2. The van der Waals surface area contributed by atoms with E-state index >= 15 is 0 Å². The highest BCUT2D eigenvalue weighted by atomic mass is 32.2. The van der Waals surface area contributed by atoms with Crippen molar-refractivity contribution in [1.29, 1.82) is 0 Å². The van der Waals surface area contributed by atoms with Crippen LogP contribution in [0.2, 0.25) is 0 Å². The molecule has 1 aromatic heterocycles. The largest absolute Gasteiger partial charge is 0.321 e. The van der Waals surface area contributed by atoms with E-state index in [1.165, 1.54) is 29.5 Å². The summed E-state index contributed by atoms with van der Waals surface area (Å²) in [4.78, 5) is 13.1. The van der Waals surface area contributed by atoms with E-state index in [9.17, 15) is 21.6 Å². The van der Waals surface area contributed by atoms with Crippen LogP contribution in [0.3, 0.4) is 0 Å². The minimum atomic E-state index is -3.23. The third-order valence-corrected chi connectivity index (χ3v) is 7.73. The Morgan fingerprint density at radius 2 is 1.25 bits per heavy atom. The van der Waals surface area contributed by atoms with Crippen molar-refractivity contribution >= 4 is 67.5 Å². The molecule has 186 valence electrons. The molecule has 4 aromatic rings. The van der Waals surface area contributed by atoms with Crippen molar-refractivity contribution in [2.75, 3.05) is 13.9 Å². The highest BCUT2D eigenvalue weighted by molar-refractivity contribution is 7.75. The zero-order chi connectivity index (χ0) is 25.8. The van der Waals surface area contributed by atoms with Crippen molar-refractivity contribution in [2.45, 2.75) is 13.8 Å². The van der Waals surface area contributed by atoms with Gasteiger partial charge in [-0.1, -0.05) is 41.5 Å². The minimum absolute atomic E-state index is 0.0683. The van der Waals surface area contributed by atoms with Crippen LogP contribution >= 0.6 is 11.3 Å². The van der Waals surface area contributed by atoms with Crippen molar-refractivity contribution in [3.8, 4) is 0 Å². The Morgan fingerprint density at radius 1 is 0.722 bits per heavy atom. The zero-order valence-electron chi connectivity index (χ0n) is 19.3. The number of aryl methyl sites for hydroxylation is 2. The molecule has 0 atom stereocenters. The molecule has 0 aliphatic rings. The normalized spacial score (nSPS) is 11.0. The molecule has 1 amide bonds. The number of carbonyl (C=O) groups is 1. The van der Waals surface area contributed by atoms with Crippen LogP contribution in [0.4, 0.5) is 28.4 Å². The standard InChI is InChI=1S/C25H23N3O5S3/c1-17-5-10-20(11-6-17)27(35(30)31)22-14-9-19(26-25(29)24-4-3-15-34-24)16-23(22)28(36(32)33)21-12-7-18(2)8-13-21/h3-16,35-36H,1-2H3,(H,26,29). The zero-order valence-corrected chi connectivity index (χ0v) is 21.9. The average molecular weight is 542 g/mol. The monoisotopic (exact) mass is 541 g/mol. The highest BCUT2D eigenvalue weighted by Crippen LogP contribution is 2.40. The van der Waals surface area contributed by atoms with Crippen LogP contribution in [0.1, 0.15) is 20.8 Å². The fourth-order valence-electron chi connectivity index (χ4n) is 3.56. The lowest BCUT2D eigenvalue weighted by molar-refractivity contribution is 0.103. The van der Waals surface area contributed by atoms with Gasteiger partial charge < -0.3 is 5.32 Å². The smallest absolute Gasteiger partial charge is 0.265 e. The van der Waals surface area contributed by atoms with Gasteiger partial charge in [-0.25, -0.2) is 25.4 Å². The van der Waals surface area contributed by atoms with E-state index in [4.69, 9.17) is 0 Å². The summed E-state index contributed by atoms with van der Waals surface area (Å²) in [5.74, 6) is -0.359. The summed E-state index contributed by atoms with van der Waals surface area (Å²) in [6, 6.07) is 21.5. The first kappa shape index (κ1) is 25.4. The van der Waals surface area contributed by atoms with E-state index in [0.717, 1.165) is 19.7 Å². The second kappa shape index (κ2) is 10.9. The summed E-state index contributed by atoms with van der Waals surface area (Å²) >= 11 is 1.27. The Bertz CT molecular complexity index is 1510. The van der Waals surface area contributed by atoms with E-state index in [0.29, 0.717) is 21.9 Å². The Morgan fingerprint density at radius 3 is 1.72 bits per heavy atom. The lowest BCUT2D eigenvalue weighted by Crippen LogP contribution is -2.22. The molecular weight excluding hydrogens is 518 g/mol. The SMILES string of the molecule is Cc1ccc(N(c2ccc(NC(=O)c3cccs3)cc2N(c2ccc(C)cc2)[SH](=O)=O)[SH](=O)=O)cc1. The van der Waals surface area contributed by atoms with Crippen LogP contribution in [0, 0.1) is 13.8 Å². The molecule has 0 bridgehead atoms. The van der Waals surface area contributed by atoms with Gasteiger partial charge in [0.25, 0.3) is 5.91 Å². The van der Waals surface area contributed by atoms with Gasteiger partial charge in [0.15, 0.2) is 0 Å². The van der Waals surface area contributed by atoms with E-state index in [2.05, 4.69) is 5.32 Å². The molecule has 0 aliphatic carbocycles. The van der Waals surface area contributed by atoms with Crippen molar-refractivity contribution < 1.29 is 21.6 Å². The Kier molecular flexibility index (Phi) is 7.73. The molecule has 4 rings (SSSR count). The predicted octanol–water partition coefficient (Wildman–Crippen LogP) is 4.95. The number of thiophene rings is 1. The Hall–Kier alpha value is -3.67. The summed E-state index contributed by atoms with van der Waals surface area (Å²) in [6.45, 7) is 3.75. The topological polar surface area (TPSA) is 104 Å². The second-order valence-corrected chi connectivity index (χ2v) is 10.6. The molecule has 0 unspecified atom stereocenters. The number of thiol groups is 2. The van der Waals surface area contributed by atoms with Gasteiger partial charge in [-0.3, -0.25) is 4.79 Å². The van der Waals surface area contributed by atoms with Crippen LogP contribution in [0.15, 0.2) is 84.2 Å². The summed E-state index contributed by atoms with van der Waals surface area (Å²) in [5.41, 5.74) is 3.04. The van der Waals surface area contributed by atoms with Gasteiger partial charge in [-0.15, -0.1) is 11.3 Å². The molecule has 36 heavy (non-hydrogen) atoms. The maximum absolute atomic E-state index is 12.6. The predicted molar refractivity (Wildman–Crippen MR) is 146 cm³/mol. The van der Waals surface area contributed by atoms with E-state index in [1.54, 1.807) is 66.0 Å². The van der Waals surface area contributed by atoms with Crippen molar-refractivity contribution in [2.24, 2.45) is 0 Å². The Labute approximate surface area is 216 Å². The number of nitrogens with one attached hydrogen (secondary N) is 1. The number of hydrogen-bond acceptors (Lipinski definition) is 6. The molecule has 0 saturated carbocycles. The van der Waals surface area contributed by atoms with Crippen LogP contribution < -0.4 is 13.9 Å². The van der Waals surface area contributed by atoms with Crippen LogP contribution in [-0.4, -0.2) is 22.7 Å². The number of anilines is 5. The molecule has 0 radical (unpaired) electrons. The molecule has 1 heterocycles. The number of hydrogen-bond donors (Lipinski definition) is 3. The summed E-state index contributed by atoms with van der Waals surface area (Å²) in [7, 11) is -6.42. The number of benzene rings is 3. The van der Waals surface area contributed by atoms with Gasteiger partial charge in [0.05, 0.1) is 27.6 Å². The first-order valence-corrected chi connectivity index (χ1v) is 13.9. The van der Waals surface area contributed by atoms with E-state index < -0.39 is 21.8 Å². The van der Waals surface area contributed by atoms with Crippen molar-refractivity contribution in [3.63, 3.8) is 0 Å². The minimum Gasteiger partial charge on any atom is -0.321 e. The molecular formula is C25H23N3O5S3. The quantitative estimate of drug-likeness (QED) is 0.274. The van der Waals surface area contributed by atoms with Gasteiger partial charge in [-0.2, -0.15) is 0 Å². The molecule has 0 saturated heterocycles. The number of rotatable bonds is 8. The molecule has 1 N–H and O–H groups in total. The lowest BCUT2D eigenvalue weighted by Gasteiger charge is -2.27. The molecule has 0 aliphatic heterocycles.